The van der Waals surface area contributed by atoms with E-state index in [-0.39, 0.29) is 17.0 Å². The van der Waals surface area contributed by atoms with E-state index < -0.39 is 0 Å². The number of aryl methyl sites for hydroxylation is 1. The van der Waals surface area contributed by atoms with Crippen LogP contribution < -0.4 is 10.6 Å². The molecular formula is C21H20ClN3O3S2. The van der Waals surface area contributed by atoms with Gasteiger partial charge >= 0.3 is 5.97 Å². The summed E-state index contributed by atoms with van der Waals surface area (Å²) in [6.07, 6.45) is 1.80. The zero-order chi connectivity index (χ0) is 21.7. The van der Waals surface area contributed by atoms with Crippen LogP contribution in [0.5, 0.6) is 0 Å². The van der Waals surface area contributed by atoms with Gasteiger partial charge in [0.05, 0.1) is 22.4 Å². The third-order valence-corrected chi connectivity index (χ3v) is 5.78. The second kappa shape index (κ2) is 9.97. The van der Waals surface area contributed by atoms with E-state index in [4.69, 9.17) is 28.6 Å². The number of benzene rings is 2. The molecule has 0 aliphatic carbocycles. The van der Waals surface area contributed by atoms with Crippen LogP contribution in [0.25, 0.3) is 10.2 Å². The molecule has 0 unspecified atom stereocenters. The quantitative estimate of drug-likeness (QED) is 0.293. The molecule has 0 aliphatic rings. The summed E-state index contributed by atoms with van der Waals surface area (Å²) in [6.45, 7) is 4.30. The van der Waals surface area contributed by atoms with Crippen LogP contribution in [-0.4, -0.2) is 28.6 Å². The van der Waals surface area contributed by atoms with Gasteiger partial charge in [0, 0.05) is 10.6 Å². The molecule has 30 heavy (non-hydrogen) atoms. The van der Waals surface area contributed by atoms with Crippen molar-refractivity contribution in [2.45, 2.75) is 26.7 Å². The van der Waals surface area contributed by atoms with Gasteiger partial charge < -0.3 is 10.1 Å². The zero-order valence-corrected chi connectivity index (χ0v) is 18.8. The minimum absolute atomic E-state index is 0.120. The second-order valence-corrected chi connectivity index (χ2v) is 8.41. The van der Waals surface area contributed by atoms with Crippen LogP contribution >= 0.6 is 35.2 Å². The van der Waals surface area contributed by atoms with Gasteiger partial charge in [0.2, 0.25) is 0 Å². The first-order valence-corrected chi connectivity index (χ1v) is 10.9. The van der Waals surface area contributed by atoms with E-state index in [1.54, 1.807) is 36.4 Å². The van der Waals surface area contributed by atoms with E-state index >= 15 is 0 Å². The molecule has 3 aromatic rings. The van der Waals surface area contributed by atoms with Crippen LogP contribution in [-0.2, 0) is 4.74 Å². The number of thiazole rings is 1. The van der Waals surface area contributed by atoms with Gasteiger partial charge in [0.25, 0.3) is 5.91 Å². The van der Waals surface area contributed by atoms with Crippen molar-refractivity contribution in [3.63, 3.8) is 0 Å². The molecule has 2 aromatic carbocycles. The Morgan fingerprint density at radius 3 is 2.70 bits per heavy atom. The van der Waals surface area contributed by atoms with Gasteiger partial charge in [0.1, 0.15) is 0 Å². The van der Waals surface area contributed by atoms with E-state index in [0.717, 1.165) is 23.1 Å². The van der Waals surface area contributed by atoms with Crippen molar-refractivity contribution >= 4 is 67.5 Å². The van der Waals surface area contributed by atoms with Crippen molar-refractivity contribution in [1.29, 1.82) is 0 Å². The van der Waals surface area contributed by atoms with Gasteiger partial charge in [-0.1, -0.05) is 42.3 Å². The highest BCUT2D eigenvalue weighted by atomic mass is 35.5. The number of unbranched alkanes of at least 4 members (excludes halogenated alkanes) is 1. The minimum Gasteiger partial charge on any atom is -0.462 e. The molecule has 2 N–H and O–H groups in total. The van der Waals surface area contributed by atoms with Crippen LogP contribution in [0.4, 0.5) is 5.13 Å². The van der Waals surface area contributed by atoms with Gasteiger partial charge in [-0.15, -0.1) is 0 Å². The average Bonchev–Trinajstić information content (AvgIpc) is 3.11. The Morgan fingerprint density at radius 2 is 1.97 bits per heavy atom. The molecule has 9 heteroatoms. The SMILES string of the molecule is CCCCOC(=O)c1ccc2nc(NC(=S)NC(=O)c3ccc(C)c(Cl)c3)sc2c1. The number of aromatic nitrogens is 1. The van der Waals surface area contributed by atoms with Crippen LogP contribution in [0.3, 0.4) is 0 Å². The molecular weight excluding hydrogens is 442 g/mol. The number of anilines is 1. The molecule has 0 saturated heterocycles. The number of hydrogen-bond acceptors (Lipinski definition) is 6. The van der Waals surface area contributed by atoms with E-state index in [2.05, 4.69) is 15.6 Å². The molecule has 156 valence electrons. The first kappa shape index (κ1) is 22.1. The number of nitrogens with zero attached hydrogens (tertiary/aromatic N) is 1. The normalized spacial score (nSPS) is 10.6. The van der Waals surface area contributed by atoms with Gasteiger partial charge in [-0.2, -0.15) is 0 Å². The summed E-state index contributed by atoms with van der Waals surface area (Å²) < 4.78 is 6.05. The number of thiocarbonyl (C=S) groups is 1. The van der Waals surface area contributed by atoms with Crippen molar-refractivity contribution in [3.8, 4) is 0 Å². The number of nitrogens with one attached hydrogen (secondary N) is 2. The maximum absolute atomic E-state index is 12.3. The highest BCUT2D eigenvalue weighted by Gasteiger charge is 2.13. The molecule has 0 atom stereocenters. The Hall–Kier alpha value is -2.55. The lowest BCUT2D eigenvalue weighted by atomic mass is 10.1. The number of amides is 1. The van der Waals surface area contributed by atoms with E-state index in [0.29, 0.717) is 33.4 Å². The highest BCUT2D eigenvalue weighted by molar-refractivity contribution is 7.80. The Kier molecular flexibility index (Phi) is 7.36. The largest absolute Gasteiger partial charge is 0.462 e. The first-order chi connectivity index (χ1) is 14.4. The van der Waals surface area contributed by atoms with E-state index in [1.807, 2.05) is 13.8 Å². The molecule has 0 bridgehead atoms. The fourth-order valence-corrected chi connectivity index (χ4v) is 3.88. The van der Waals surface area contributed by atoms with Gasteiger partial charge in [-0.3, -0.25) is 10.1 Å². The highest BCUT2D eigenvalue weighted by Crippen LogP contribution is 2.27. The molecule has 1 amide bonds. The Balaban J connectivity index is 1.65. The third kappa shape index (κ3) is 5.53. The molecule has 0 fully saturated rings. The summed E-state index contributed by atoms with van der Waals surface area (Å²) in [5.74, 6) is -0.722. The summed E-state index contributed by atoms with van der Waals surface area (Å²) in [4.78, 5) is 28.9. The van der Waals surface area contributed by atoms with Crippen molar-refractivity contribution in [2.24, 2.45) is 0 Å². The number of hydrogen-bond donors (Lipinski definition) is 2. The topological polar surface area (TPSA) is 80.3 Å². The van der Waals surface area contributed by atoms with Crippen LogP contribution in [0.15, 0.2) is 36.4 Å². The van der Waals surface area contributed by atoms with Crippen molar-refractivity contribution in [3.05, 3.63) is 58.1 Å². The van der Waals surface area contributed by atoms with Gasteiger partial charge in [-0.25, -0.2) is 9.78 Å². The summed E-state index contributed by atoms with van der Waals surface area (Å²) in [5.41, 5.74) is 2.48. The van der Waals surface area contributed by atoms with Crippen LogP contribution in [0, 0.1) is 6.92 Å². The minimum atomic E-state index is -0.368. The number of fused-ring (bicyclic) bond motifs is 1. The number of rotatable bonds is 6. The lowest BCUT2D eigenvalue weighted by Gasteiger charge is -2.08. The Morgan fingerprint density at radius 1 is 1.20 bits per heavy atom. The van der Waals surface area contributed by atoms with Crippen molar-refractivity contribution in [2.75, 3.05) is 11.9 Å². The fourth-order valence-electron chi connectivity index (χ4n) is 2.54. The predicted molar refractivity (Wildman–Crippen MR) is 125 cm³/mol. The molecule has 0 radical (unpaired) electrons. The van der Waals surface area contributed by atoms with Gasteiger partial charge in [0.15, 0.2) is 10.2 Å². The lowest BCUT2D eigenvalue weighted by molar-refractivity contribution is 0.0500. The number of esters is 1. The Labute approximate surface area is 188 Å². The molecule has 1 heterocycles. The number of ether oxygens (including phenoxy) is 1. The summed E-state index contributed by atoms with van der Waals surface area (Å²) in [6, 6.07) is 10.2. The maximum atomic E-state index is 12.3. The van der Waals surface area contributed by atoms with Gasteiger partial charge in [-0.05, 0) is 61.5 Å². The van der Waals surface area contributed by atoms with Crippen molar-refractivity contribution < 1.29 is 14.3 Å². The molecule has 3 rings (SSSR count). The Bertz CT molecular complexity index is 1110. The monoisotopic (exact) mass is 461 g/mol. The smallest absolute Gasteiger partial charge is 0.338 e. The first-order valence-electron chi connectivity index (χ1n) is 9.33. The summed E-state index contributed by atoms with van der Waals surface area (Å²) >= 11 is 12.6. The lowest BCUT2D eigenvalue weighted by Crippen LogP contribution is -2.34. The molecule has 0 spiro atoms. The zero-order valence-electron chi connectivity index (χ0n) is 16.5. The summed E-state index contributed by atoms with van der Waals surface area (Å²) in [5, 5.41) is 6.65. The molecule has 0 aliphatic heterocycles. The fraction of sp³-hybridized carbons (Fsp3) is 0.238. The van der Waals surface area contributed by atoms with Crippen LogP contribution in [0.1, 0.15) is 46.0 Å². The molecule has 0 saturated carbocycles. The van der Waals surface area contributed by atoms with E-state index in [1.165, 1.54) is 11.3 Å². The third-order valence-electron chi connectivity index (χ3n) is 4.24. The molecule has 1 aromatic heterocycles. The maximum Gasteiger partial charge on any atom is 0.338 e. The predicted octanol–water partition coefficient (Wildman–Crippen LogP) is 5.34. The second-order valence-electron chi connectivity index (χ2n) is 6.56. The number of carbonyl (C=O) groups is 2. The van der Waals surface area contributed by atoms with E-state index in [9.17, 15) is 9.59 Å². The molecule has 6 nitrogen and oxygen atoms in total. The number of halogens is 1. The summed E-state index contributed by atoms with van der Waals surface area (Å²) in [7, 11) is 0. The number of carbonyl (C=O) groups excluding carboxylic acids is 2. The standard InChI is InChI=1S/C21H20ClN3O3S2/c1-3-4-9-28-19(27)14-7-8-16-17(11-14)30-21(23-16)25-20(29)24-18(26)13-6-5-12(2)15(22)10-13/h5-8,10-11H,3-4,9H2,1-2H3,(H2,23,24,25,26,29). The van der Waals surface area contributed by atoms with Crippen LogP contribution in [0.2, 0.25) is 5.02 Å². The average molecular weight is 462 g/mol. The van der Waals surface area contributed by atoms with Crippen molar-refractivity contribution in [1.82, 2.24) is 10.3 Å².